The molecule has 2 saturated heterocycles. The average Bonchev–Trinajstić information content (AvgIpc) is 3.00. The van der Waals surface area contributed by atoms with Crippen molar-refractivity contribution in [3.8, 4) is 0 Å². The van der Waals surface area contributed by atoms with Gasteiger partial charge >= 0.3 is 0 Å². The SMILES string of the molecule is CCCNC(=O)CN1CCC(NC(=O)CC2CCCN2)CC1. The van der Waals surface area contributed by atoms with Gasteiger partial charge in [0.2, 0.25) is 11.8 Å². The van der Waals surface area contributed by atoms with Crippen LogP contribution in [0.25, 0.3) is 0 Å². The number of carbonyl (C=O) groups is 2. The Hall–Kier alpha value is -1.14. The van der Waals surface area contributed by atoms with Crippen LogP contribution in [-0.4, -0.2) is 61.5 Å². The first-order valence-corrected chi connectivity index (χ1v) is 8.69. The lowest BCUT2D eigenvalue weighted by molar-refractivity contribution is -0.124. The monoisotopic (exact) mass is 310 g/mol. The molecule has 6 nitrogen and oxygen atoms in total. The van der Waals surface area contributed by atoms with E-state index < -0.39 is 0 Å². The van der Waals surface area contributed by atoms with Crippen molar-refractivity contribution in [3.63, 3.8) is 0 Å². The lowest BCUT2D eigenvalue weighted by atomic mass is 10.0. The highest BCUT2D eigenvalue weighted by Gasteiger charge is 2.23. The van der Waals surface area contributed by atoms with E-state index in [1.165, 1.54) is 6.42 Å². The van der Waals surface area contributed by atoms with E-state index in [1.807, 2.05) is 0 Å². The van der Waals surface area contributed by atoms with Gasteiger partial charge < -0.3 is 16.0 Å². The molecule has 2 aliphatic rings. The summed E-state index contributed by atoms with van der Waals surface area (Å²) in [6.45, 7) is 6.08. The molecular weight excluding hydrogens is 280 g/mol. The van der Waals surface area contributed by atoms with E-state index in [0.717, 1.165) is 51.9 Å². The summed E-state index contributed by atoms with van der Waals surface area (Å²) < 4.78 is 0. The zero-order valence-corrected chi connectivity index (χ0v) is 13.7. The fraction of sp³-hybridized carbons (Fsp3) is 0.875. The second kappa shape index (κ2) is 9.10. The quantitative estimate of drug-likeness (QED) is 0.630. The van der Waals surface area contributed by atoms with Crippen LogP contribution in [0.4, 0.5) is 0 Å². The molecule has 0 aliphatic carbocycles. The molecule has 1 atom stereocenters. The van der Waals surface area contributed by atoms with Crippen molar-refractivity contribution < 1.29 is 9.59 Å². The number of amides is 2. The van der Waals surface area contributed by atoms with E-state index in [0.29, 0.717) is 19.0 Å². The van der Waals surface area contributed by atoms with Crippen molar-refractivity contribution in [2.24, 2.45) is 0 Å². The Morgan fingerprint density at radius 2 is 1.95 bits per heavy atom. The molecule has 0 spiro atoms. The Morgan fingerprint density at radius 3 is 2.59 bits per heavy atom. The Bertz CT molecular complexity index is 361. The maximum absolute atomic E-state index is 12.0. The van der Waals surface area contributed by atoms with E-state index in [2.05, 4.69) is 27.8 Å². The number of carbonyl (C=O) groups excluding carboxylic acids is 2. The Morgan fingerprint density at radius 1 is 1.18 bits per heavy atom. The number of hydrogen-bond acceptors (Lipinski definition) is 4. The molecule has 3 N–H and O–H groups in total. The first-order chi connectivity index (χ1) is 10.7. The van der Waals surface area contributed by atoms with E-state index >= 15 is 0 Å². The van der Waals surface area contributed by atoms with E-state index in [9.17, 15) is 9.59 Å². The highest BCUT2D eigenvalue weighted by atomic mass is 16.2. The minimum absolute atomic E-state index is 0.108. The van der Waals surface area contributed by atoms with Crippen molar-refractivity contribution in [2.45, 2.75) is 57.5 Å². The molecule has 0 aromatic rings. The van der Waals surface area contributed by atoms with Crippen molar-refractivity contribution in [3.05, 3.63) is 0 Å². The van der Waals surface area contributed by atoms with Gasteiger partial charge in [-0.1, -0.05) is 6.92 Å². The van der Waals surface area contributed by atoms with E-state index in [1.54, 1.807) is 0 Å². The molecule has 2 fully saturated rings. The second-order valence-electron chi connectivity index (χ2n) is 6.47. The van der Waals surface area contributed by atoms with Crippen LogP contribution >= 0.6 is 0 Å². The summed E-state index contributed by atoms with van der Waals surface area (Å²) in [7, 11) is 0. The van der Waals surface area contributed by atoms with Crippen LogP contribution in [0, 0.1) is 0 Å². The Balaban J connectivity index is 1.60. The molecule has 6 heteroatoms. The Labute approximate surface area is 133 Å². The number of piperidine rings is 1. The molecule has 0 saturated carbocycles. The van der Waals surface area contributed by atoms with Gasteiger partial charge in [-0.05, 0) is 38.6 Å². The molecule has 2 rings (SSSR count). The predicted molar refractivity (Wildman–Crippen MR) is 86.5 cm³/mol. The van der Waals surface area contributed by atoms with Gasteiger partial charge in [0.15, 0.2) is 0 Å². The van der Waals surface area contributed by atoms with Gasteiger partial charge in [0.05, 0.1) is 6.54 Å². The fourth-order valence-corrected chi connectivity index (χ4v) is 3.20. The zero-order chi connectivity index (χ0) is 15.8. The van der Waals surface area contributed by atoms with E-state index in [-0.39, 0.29) is 17.9 Å². The van der Waals surface area contributed by atoms with Gasteiger partial charge in [0.1, 0.15) is 0 Å². The molecule has 2 aliphatic heterocycles. The maximum atomic E-state index is 12.0. The van der Waals surface area contributed by atoms with Gasteiger partial charge in [0, 0.05) is 38.1 Å². The van der Waals surface area contributed by atoms with Crippen LogP contribution in [0.5, 0.6) is 0 Å². The minimum atomic E-state index is 0.108. The number of likely N-dealkylation sites (tertiary alicyclic amines) is 1. The molecule has 1 unspecified atom stereocenters. The summed E-state index contributed by atoms with van der Waals surface area (Å²) in [5.74, 6) is 0.273. The van der Waals surface area contributed by atoms with Crippen LogP contribution in [0.2, 0.25) is 0 Å². The van der Waals surface area contributed by atoms with E-state index in [4.69, 9.17) is 0 Å². The fourth-order valence-electron chi connectivity index (χ4n) is 3.20. The lowest BCUT2D eigenvalue weighted by Crippen LogP contribution is -2.48. The summed E-state index contributed by atoms with van der Waals surface area (Å²) >= 11 is 0. The predicted octanol–water partition coefficient (Wildman–Crippen LogP) is 0.235. The zero-order valence-electron chi connectivity index (χ0n) is 13.7. The summed E-state index contributed by atoms with van der Waals surface area (Å²) in [5.41, 5.74) is 0. The third-order valence-electron chi connectivity index (χ3n) is 4.49. The summed E-state index contributed by atoms with van der Waals surface area (Å²) in [4.78, 5) is 25.9. The van der Waals surface area contributed by atoms with Crippen LogP contribution in [0.3, 0.4) is 0 Å². The number of nitrogens with one attached hydrogen (secondary N) is 3. The number of rotatable bonds is 7. The highest BCUT2D eigenvalue weighted by Crippen LogP contribution is 2.12. The largest absolute Gasteiger partial charge is 0.355 e. The van der Waals surface area contributed by atoms with Crippen molar-refractivity contribution in [1.29, 1.82) is 0 Å². The summed E-state index contributed by atoms with van der Waals surface area (Å²) in [6.07, 6.45) is 5.72. The van der Waals surface area contributed by atoms with Crippen molar-refractivity contribution >= 4 is 11.8 Å². The van der Waals surface area contributed by atoms with Gasteiger partial charge in [-0.2, -0.15) is 0 Å². The van der Waals surface area contributed by atoms with Gasteiger partial charge in [-0.3, -0.25) is 14.5 Å². The van der Waals surface area contributed by atoms with Crippen LogP contribution in [0.15, 0.2) is 0 Å². The first kappa shape index (κ1) is 17.2. The van der Waals surface area contributed by atoms with Crippen LogP contribution < -0.4 is 16.0 Å². The second-order valence-corrected chi connectivity index (χ2v) is 6.47. The average molecular weight is 310 g/mol. The number of nitrogens with zero attached hydrogens (tertiary/aromatic N) is 1. The molecule has 0 radical (unpaired) electrons. The van der Waals surface area contributed by atoms with Gasteiger partial charge in [0.25, 0.3) is 0 Å². The first-order valence-electron chi connectivity index (χ1n) is 8.69. The third kappa shape index (κ3) is 5.93. The van der Waals surface area contributed by atoms with Crippen LogP contribution in [0.1, 0.15) is 45.4 Å². The molecule has 2 heterocycles. The number of hydrogen-bond donors (Lipinski definition) is 3. The molecule has 126 valence electrons. The van der Waals surface area contributed by atoms with Crippen molar-refractivity contribution in [1.82, 2.24) is 20.9 Å². The van der Waals surface area contributed by atoms with Gasteiger partial charge in [-0.15, -0.1) is 0 Å². The molecule has 0 aromatic carbocycles. The van der Waals surface area contributed by atoms with Crippen molar-refractivity contribution in [2.75, 3.05) is 32.7 Å². The lowest BCUT2D eigenvalue weighted by Gasteiger charge is -2.32. The molecule has 0 bridgehead atoms. The Kier molecular flexibility index (Phi) is 7.12. The summed E-state index contributed by atoms with van der Waals surface area (Å²) in [5, 5.41) is 9.41. The molecule has 0 aromatic heterocycles. The van der Waals surface area contributed by atoms with Crippen LogP contribution in [-0.2, 0) is 9.59 Å². The molecule has 2 amide bonds. The third-order valence-corrected chi connectivity index (χ3v) is 4.49. The molecular formula is C16H30N4O2. The summed E-state index contributed by atoms with van der Waals surface area (Å²) in [6, 6.07) is 0.631. The smallest absolute Gasteiger partial charge is 0.234 e. The highest BCUT2D eigenvalue weighted by molar-refractivity contribution is 5.78. The maximum Gasteiger partial charge on any atom is 0.234 e. The topological polar surface area (TPSA) is 73.5 Å². The molecule has 22 heavy (non-hydrogen) atoms. The standard InChI is InChI=1S/C16H30N4O2/c1-2-7-18-16(22)12-20-9-5-13(6-10-20)19-15(21)11-14-4-3-8-17-14/h13-14,17H,2-12H2,1H3,(H,18,22)(H,19,21). The minimum Gasteiger partial charge on any atom is -0.355 e. The normalized spacial score (nSPS) is 23.4. The van der Waals surface area contributed by atoms with Gasteiger partial charge in [-0.25, -0.2) is 0 Å².